The Labute approximate surface area is 133 Å². The van der Waals surface area contributed by atoms with Crippen LogP contribution in [0.3, 0.4) is 0 Å². The van der Waals surface area contributed by atoms with E-state index in [4.69, 9.17) is 4.42 Å². The van der Waals surface area contributed by atoms with Gasteiger partial charge in [0, 0.05) is 17.5 Å². The Kier molecular flexibility index (Phi) is 3.01. The van der Waals surface area contributed by atoms with Crippen LogP contribution in [-0.4, -0.2) is 21.1 Å². The monoisotopic (exact) mass is 310 g/mol. The van der Waals surface area contributed by atoms with Crippen LogP contribution in [0.5, 0.6) is 0 Å². The topological polar surface area (TPSA) is 83.8 Å². The first-order valence-electron chi connectivity index (χ1n) is 7.73. The van der Waals surface area contributed by atoms with E-state index in [1.165, 1.54) is 0 Å². The van der Waals surface area contributed by atoms with Crippen LogP contribution in [0.1, 0.15) is 42.0 Å². The van der Waals surface area contributed by atoms with Crippen LogP contribution in [0.2, 0.25) is 0 Å². The fraction of sp³-hybridized carbons (Fsp3) is 0.353. The summed E-state index contributed by atoms with van der Waals surface area (Å²) >= 11 is 0. The number of carbonyl (C=O) groups is 1. The molecule has 4 rings (SSSR count). The average molecular weight is 310 g/mol. The summed E-state index contributed by atoms with van der Waals surface area (Å²) in [5.74, 6) is 0.259. The van der Waals surface area contributed by atoms with Crippen LogP contribution >= 0.6 is 0 Å². The molecule has 1 aliphatic carbocycles. The number of aromatic amines is 1. The Hall–Kier alpha value is -2.63. The third-order valence-corrected chi connectivity index (χ3v) is 4.49. The SMILES string of the molecule is CC1(C)CCc2[nH]nc(C(=O)Nc3nccc4occc34)c2C1. The van der Waals surface area contributed by atoms with E-state index in [0.29, 0.717) is 17.1 Å². The Morgan fingerprint density at radius 3 is 3.13 bits per heavy atom. The normalized spacial score (nSPS) is 16.3. The maximum Gasteiger partial charge on any atom is 0.277 e. The second-order valence-electron chi connectivity index (χ2n) is 6.82. The van der Waals surface area contributed by atoms with Crippen LogP contribution in [0, 0.1) is 5.41 Å². The van der Waals surface area contributed by atoms with Gasteiger partial charge in [0.2, 0.25) is 0 Å². The van der Waals surface area contributed by atoms with Crippen molar-refractivity contribution in [2.45, 2.75) is 33.1 Å². The quantitative estimate of drug-likeness (QED) is 0.760. The molecule has 3 aromatic rings. The van der Waals surface area contributed by atoms with Gasteiger partial charge in [-0.05, 0) is 36.8 Å². The molecule has 0 unspecified atom stereocenters. The molecule has 6 nitrogen and oxygen atoms in total. The van der Waals surface area contributed by atoms with Crippen molar-refractivity contribution in [3.8, 4) is 0 Å². The summed E-state index contributed by atoms with van der Waals surface area (Å²) in [6, 6.07) is 3.56. The number of hydrogen-bond acceptors (Lipinski definition) is 4. The third kappa shape index (κ3) is 2.40. The minimum absolute atomic E-state index is 0.189. The van der Waals surface area contributed by atoms with Gasteiger partial charge in [-0.25, -0.2) is 4.98 Å². The lowest BCUT2D eigenvalue weighted by Crippen LogP contribution is -2.24. The van der Waals surface area contributed by atoms with Crippen LogP contribution in [0.25, 0.3) is 11.0 Å². The van der Waals surface area contributed by atoms with Crippen molar-refractivity contribution in [3.63, 3.8) is 0 Å². The summed E-state index contributed by atoms with van der Waals surface area (Å²) in [7, 11) is 0. The lowest BCUT2D eigenvalue weighted by atomic mass is 9.76. The smallest absolute Gasteiger partial charge is 0.277 e. The molecule has 6 heteroatoms. The molecule has 2 N–H and O–H groups in total. The molecular formula is C17H18N4O2. The summed E-state index contributed by atoms with van der Waals surface area (Å²) in [5.41, 5.74) is 3.45. The van der Waals surface area contributed by atoms with E-state index in [0.717, 1.165) is 35.9 Å². The standard InChI is InChI=1S/C17H18N4O2/c1-17(2)6-3-12-11(9-17)14(21-20-12)16(22)19-15-10-5-8-23-13(10)4-7-18-15/h4-5,7-8H,3,6,9H2,1-2H3,(H,20,21)(H,18,19,22). The van der Waals surface area contributed by atoms with Crippen molar-refractivity contribution < 1.29 is 9.21 Å². The third-order valence-electron chi connectivity index (χ3n) is 4.49. The highest BCUT2D eigenvalue weighted by molar-refractivity contribution is 6.07. The summed E-state index contributed by atoms with van der Waals surface area (Å²) in [6.07, 6.45) is 6.08. The first-order chi connectivity index (χ1) is 11.0. The van der Waals surface area contributed by atoms with E-state index in [9.17, 15) is 4.79 Å². The van der Waals surface area contributed by atoms with E-state index < -0.39 is 0 Å². The maximum atomic E-state index is 12.7. The molecule has 0 saturated heterocycles. The molecule has 3 aromatic heterocycles. The fourth-order valence-corrected chi connectivity index (χ4v) is 3.18. The van der Waals surface area contributed by atoms with Gasteiger partial charge in [0.05, 0.1) is 11.6 Å². The molecule has 0 fully saturated rings. The number of anilines is 1. The van der Waals surface area contributed by atoms with E-state index in [1.807, 2.05) is 0 Å². The van der Waals surface area contributed by atoms with Crippen molar-refractivity contribution in [2.24, 2.45) is 5.41 Å². The number of hydrogen-bond donors (Lipinski definition) is 2. The molecule has 0 bridgehead atoms. The van der Waals surface area contributed by atoms with Crippen molar-refractivity contribution in [3.05, 3.63) is 41.5 Å². The molecule has 0 radical (unpaired) electrons. The van der Waals surface area contributed by atoms with E-state index in [2.05, 4.69) is 34.3 Å². The predicted molar refractivity (Wildman–Crippen MR) is 86.4 cm³/mol. The molecule has 0 saturated carbocycles. The van der Waals surface area contributed by atoms with Gasteiger partial charge >= 0.3 is 0 Å². The van der Waals surface area contributed by atoms with Crippen molar-refractivity contribution in [1.29, 1.82) is 0 Å². The second kappa shape index (κ2) is 4.94. The number of rotatable bonds is 2. The van der Waals surface area contributed by atoms with Crippen LogP contribution in [0.15, 0.2) is 29.0 Å². The van der Waals surface area contributed by atoms with Crippen molar-refractivity contribution in [2.75, 3.05) is 5.32 Å². The first kappa shape index (κ1) is 14.0. The van der Waals surface area contributed by atoms with Crippen molar-refractivity contribution >= 4 is 22.7 Å². The zero-order valence-electron chi connectivity index (χ0n) is 13.1. The molecule has 3 heterocycles. The number of amides is 1. The van der Waals surface area contributed by atoms with E-state index >= 15 is 0 Å². The Bertz CT molecular complexity index is 891. The zero-order valence-corrected chi connectivity index (χ0v) is 13.1. The molecule has 118 valence electrons. The highest BCUT2D eigenvalue weighted by atomic mass is 16.3. The Morgan fingerprint density at radius 1 is 1.39 bits per heavy atom. The summed E-state index contributed by atoms with van der Waals surface area (Å²) in [6.45, 7) is 4.44. The molecule has 0 aromatic carbocycles. The number of aromatic nitrogens is 3. The van der Waals surface area contributed by atoms with Crippen LogP contribution in [0.4, 0.5) is 5.82 Å². The molecule has 23 heavy (non-hydrogen) atoms. The predicted octanol–water partition coefficient (Wildman–Crippen LogP) is 3.32. The fourth-order valence-electron chi connectivity index (χ4n) is 3.18. The van der Waals surface area contributed by atoms with E-state index in [1.54, 1.807) is 24.6 Å². The number of carbonyl (C=O) groups excluding carboxylic acids is 1. The minimum atomic E-state index is -0.235. The summed E-state index contributed by atoms with van der Waals surface area (Å²) < 4.78 is 5.34. The number of pyridine rings is 1. The first-order valence-corrected chi connectivity index (χ1v) is 7.73. The molecule has 0 atom stereocenters. The summed E-state index contributed by atoms with van der Waals surface area (Å²) in [4.78, 5) is 16.9. The minimum Gasteiger partial charge on any atom is -0.464 e. The number of nitrogens with one attached hydrogen (secondary N) is 2. The molecular weight excluding hydrogens is 292 g/mol. The highest BCUT2D eigenvalue weighted by Gasteiger charge is 2.31. The lowest BCUT2D eigenvalue weighted by Gasteiger charge is -2.29. The van der Waals surface area contributed by atoms with Gasteiger partial charge in [0.1, 0.15) is 11.4 Å². The molecule has 0 spiro atoms. The summed E-state index contributed by atoms with van der Waals surface area (Å²) in [5, 5.41) is 10.9. The van der Waals surface area contributed by atoms with Gasteiger partial charge in [0.15, 0.2) is 5.69 Å². The Balaban J connectivity index is 1.66. The number of H-pyrrole nitrogens is 1. The average Bonchev–Trinajstić information content (AvgIpc) is 3.12. The highest BCUT2D eigenvalue weighted by Crippen LogP contribution is 2.35. The largest absolute Gasteiger partial charge is 0.464 e. The van der Waals surface area contributed by atoms with Gasteiger partial charge in [-0.1, -0.05) is 13.8 Å². The molecule has 1 aliphatic rings. The van der Waals surface area contributed by atoms with Gasteiger partial charge in [-0.3, -0.25) is 9.89 Å². The number of nitrogens with zero attached hydrogens (tertiary/aromatic N) is 2. The maximum absolute atomic E-state index is 12.7. The lowest BCUT2D eigenvalue weighted by molar-refractivity contribution is 0.102. The second-order valence-corrected chi connectivity index (χ2v) is 6.82. The molecule has 0 aliphatic heterocycles. The zero-order chi connectivity index (χ0) is 16.0. The van der Waals surface area contributed by atoms with E-state index in [-0.39, 0.29) is 11.3 Å². The van der Waals surface area contributed by atoms with Gasteiger partial charge in [-0.2, -0.15) is 5.10 Å². The van der Waals surface area contributed by atoms with Gasteiger partial charge in [0.25, 0.3) is 5.91 Å². The van der Waals surface area contributed by atoms with Crippen LogP contribution < -0.4 is 5.32 Å². The number of fused-ring (bicyclic) bond motifs is 2. The van der Waals surface area contributed by atoms with Crippen LogP contribution in [-0.2, 0) is 12.8 Å². The number of furan rings is 1. The van der Waals surface area contributed by atoms with Gasteiger partial charge in [-0.15, -0.1) is 0 Å². The number of aryl methyl sites for hydroxylation is 1. The Morgan fingerprint density at radius 2 is 2.26 bits per heavy atom. The van der Waals surface area contributed by atoms with Crippen molar-refractivity contribution in [1.82, 2.24) is 15.2 Å². The van der Waals surface area contributed by atoms with Gasteiger partial charge < -0.3 is 9.73 Å². The molecule has 1 amide bonds.